The van der Waals surface area contributed by atoms with Gasteiger partial charge in [-0.1, -0.05) is 0 Å². The normalized spacial score (nSPS) is 16.4. The van der Waals surface area contributed by atoms with Crippen LogP contribution in [-0.2, 0) is 4.74 Å². The standard InChI is InChI=1S/C14H20N3O2.3CH3.Sn/c1-14(2,3)19-13(18)17-9-7-16(8-10-17)12-5-4-6-15-11-12;;;;/h4-5,11H,7-10H2,1-3H3;3*1H3;. The number of amides is 1. The molecule has 0 unspecified atom stereocenters. The van der Waals surface area contributed by atoms with Gasteiger partial charge in [0, 0.05) is 0 Å². The minimum absolute atomic E-state index is 0.215. The Morgan fingerprint density at radius 3 is 2.17 bits per heavy atom. The number of anilines is 1. The molecule has 0 N–H and O–H groups in total. The predicted octanol–water partition coefficient (Wildman–Crippen LogP) is 2.68. The van der Waals surface area contributed by atoms with Crippen LogP contribution in [0, 0.1) is 0 Å². The zero-order chi connectivity index (χ0) is 17.3. The molecular weight excluding hydrogens is 397 g/mol. The summed E-state index contributed by atoms with van der Waals surface area (Å²) in [4.78, 5) is 28.0. The molecule has 1 aliphatic heterocycles. The Kier molecular flexibility index (Phi) is 5.48. The molecule has 1 aliphatic rings. The number of carbonyl (C=O) groups is 1. The number of rotatable bonds is 2. The van der Waals surface area contributed by atoms with E-state index in [2.05, 4.69) is 36.8 Å². The SMILES string of the molecule is CC(C)(C)OC(=O)N1CCN(c2cc[c]([Sn]([CH3])([CH3])[CH3])nc2)CC1. The van der Waals surface area contributed by atoms with Crippen molar-refractivity contribution in [2.45, 2.75) is 41.2 Å². The van der Waals surface area contributed by atoms with Crippen molar-refractivity contribution in [2.24, 2.45) is 0 Å². The molecule has 0 radical (unpaired) electrons. The maximum absolute atomic E-state index is 12.1. The van der Waals surface area contributed by atoms with Crippen LogP contribution in [0.2, 0.25) is 14.8 Å². The molecule has 1 saturated heterocycles. The summed E-state index contributed by atoms with van der Waals surface area (Å²) in [7, 11) is 0. The molecule has 0 bridgehead atoms. The van der Waals surface area contributed by atoms with Gasteiger partial charge in [0.2, 0.25) is 0 Å². The van der Waals surface area contributed by atoms with Gasteiger partial charge < -0.3 is 0 Å². The summed E-state index contributed by atoms with van der Waals surface area (Å²) in [6, 6.07) is 4.36. The molecule has 1 amide bonds. The molecule has 2 rings (SSSR count). The summed E-state index contributed by atoms with van der Waals surface area (Å²) in [5.41, 5.74) is 0.709. The number of pyridine rings is 1. The van der Waals surface area contributed by atoms with Gasteiger partial charge in [0.1, 0.15) is 0 Å². The van der Waals surface area contributed by atoms with E-state index in [0.29, 0.717) is 13.1 Å². The Balaban J connectivity index is 1.93. The summed E-state index contributed by atoms with van der Waals surface area (Å²) in [6.07, 6.45) is 1.77. The first-order valence-electron chi connectivity index (χ1n) is 8.26. The predicted molar refractivity (Wildman–Crippen MR) is 97.2 cm³/mol. The molecular formula is C17H29N3O2Sn. The summed E-state index contributed by atoms with van der Waals surface area (Å²) < 4.78 is 6.74. The number of carbonyl (C=O) groups excluding carboxylic acids is 1. The van der Waals surface area contributed by atoms with Crippen molar-refractivity contribution in [3.05, 3.63) is 18.3 Å². The van der Waals surface area contributed by atoms with Crippen LogP contribution in [0.1, 0.15) is 20.8 Å². The zero-order valence-corrected chi connectivity index (χ0v) is 18.1. The third-order valence-corrected chi connectivity index (χ3v) is 9.04. The van der Waals surface area contributed by atoms with Crippen LogP contribution in [0.25, 0.3) is 0 Å². The minimum atomic E-state index is -2.08. The van der Waals surface area contributed by atoms with Gasteiger partial charge in [0.15, 0.2) is 0 Å². The van der Waals surface area contributed by atoms with Gasteiger partial charge in [0.25, 0.3) is 0 Å². The first kappa shape index (κ1) is 18.4. The van der Waals surface area contributed by atoms with Crippen molar-refractivity contribution in [2.75, 3.05) is 31.1 Å². The maximum atomic E-state index is 12.1. The summed E-state index contributed by atoms with van der Waals surface area (Å²) in [6.45, 7) is 8.71. The second kappa shape index (κ2) is 6.87. The van der Waals surface area contributed by atoms with E-state index in [1.54, 1.807) is 4.90 Å². The van der Waals surface area contributed by atoms with Crippen molar-refractivity contribution in [1.82, 2.24) is 9.88 Å². The van der Waals surface area contributed by atoms with Crippen LogP contribution >= 0.6 is 0 Å². The summed E-state index contributed by atoms with van der Waals surface area (Å²) in [5, 5.41) is 0. The van der Waals surface area contributed by atoms with Crippen LogP contribution in [0.15, 0.2) is 18.3 Å². The van der Waals surface area contributed by atoms with E-state index in [4.69, 9.17) is 4.74 Å². The molecule has 0 saturated carbocycles. The van der Waals surface area contributed by atoms with Gasteiger partial charge >= 0.3 is 144 Å². The van der Waals surface area contributed by atoms with E-state index in [-0.39, 0.29) is 6.09 Å². The molecule has 1 aromatic rings. The monoisotopic (exact) mass is 427 g/mol. The van der Waals surface area contributed by atoms with E-state index < -0.39 is 24.0 Å². The van der Waals surface area contributed by atoms with Crippen molar-refractivity contribution in [3.63, 3.8) is 0 Å². The molecule has 0 spiro atoms. The zero-order valence-electron chi connectivity index (χ0n) is 15.2. The molecule has 0 atom stereocenters. The Morgan fingerprint density at radius 1 is 1.13 bits per heavy atom. The van der Waals surface area contributed by atoms with Crippen molar-refractivity contribution in [1.29, 1.82) is 0 Å². The van der Waals surface area contributed by atoms with Gasteiger partial charge in [-0.15, -0.1) is 0 Å². The Bertz CT molecular complexity index is 538. The number of hydrogen-bond acceptors (Lipinski definition) is 4. The summed E-state index contributed by atoms with van der Waals surface area (Å²) >= 11 is -2.08. The number of piperazine rings is 1. The average Bonchev–Trinajstić information content (AvgIpc) is 2.45. The Hall–Kier alpha value is -0.981. The van der Waals surface area contributed by atoms with Crippen molar-refractivity contribution < 1.29 is 9.53 Å². The molecule has 1 fully saturated rings. The fourth-order valence-corrected chi connectivity index (χ4v) is 5.44. The van der Waals surface area contributed by atoms with Crippen molar-refractivity contribution >= 4 is 33.9 Å². The van der Waals surface area contributed by atoms with Gasteiger partial charge in [-0.3, -0.25) is 0 Å². The van der Waals surface area contributed by atoms with Crippen LogP contribution in [0.3, 0.4) is 0 Å². The van der Waals surface area contributed by atoms with Gasteiger partial charge in [0.05, 0.1) is 0 Å². The second-order valence-electron chi connectivity index (χ2n) is 8.11. The van der Waals surface area contributed by atoms with Crippen LogP contribution in [0.5, 0.6) is 0 Å². The molecule has 0 aromatic carbocycles. The fraction of sp³-hybridized carbons (Fsp3) is 0.647. The molecule has 128 valence electrons. The third kappa shape index (κ3) is 5.26. The first-order chi connectivity index (χ1) is 10.6. The Morgan fingerprint density at radius 2 is 1.74 bits per heavy atom. The van der Waals surface area contributed by atoms with Crippen LogP contribution in [0.4, 0.5) is 10.5 Å². The van der Waals surface area contributed by atoms with Gasteiger partial charge in [-0.2, -0.15) is 0 Å². The van der Waals surface area contributed by atoms with E-state index >= 15 is 0 Å². The number of nitrogens with zero attached hydrogens (tertiary/aromatic N) is 3. The molecule has 5 nitrogen and oxygen atoms in total. The fourth-order valence-electron chi connectivity index (χ4n) is 2.49. The molecule has 0 aliphatic carbocycles. The average molecular weight is 426 g/mol. The molecule has 2 heterocycles. The first-order valence-corrected chi connectivity index (χ1v) is 18.2. The van der Waals surface area contributed by atoms with Crippen LogP contribution < -0.4 is 8.61 Å². The summed E-state index contributed by atoms with van der Waals surface area (Å²) in [5.74, 6) is 0. The molecule has 1 aromatic heterocycles. The quantitative estimate of drug-likeness (QED) is 0.683. The van der Waals surface area contributed by atoms with Crippen molar-refractivity contribution in [3.8, 4) is 0 Å². The number of ether oxygens (including phenoxy) is 1. The Labute approximate surface area is 143 Å². The number of hydrogen-bond donors (Lipinski definition) is 0. The van der Waals surface area contributed by atoms with Gasteiger partial charge in [-0.05, 0) is 0 Å². The third-order valence-electron chi connectivity index (χ3n) is 3.81. The topological polar surface area (TPSA) is 45.7 Å². The molecule has 23 heavy (non-hydrogen) atoms. The van der Waals surface area contributed by atoms with E-state index in [9.17, 15) is 4.79 Å². The number of aromatic nitrogens is 1. The second-order valence-corrected chi connectivity index (χ2v) is 22.4. The van der Waals surface area contributed by atoms with E-state index in [1.165, 1.54) is 3.71 Å². The van der Waals surface area contributed by atoms with Crippen LogP contribution in [-0.4, -0.2) is 66.1 Å². The van der Waals surface area contributed by atoms with E-state index in [0.717, 1.165) is 18.8 Å². The van der Waals surface area contributed by atoms with E-state index in [1.807, 2.05) is 27.0 Å². The van der Waals surface area contributed by atoms with Gasteiger partial charge in [-0.25, -0.2) is 0 Å². The molecule has 6 heteroatoms.